The summed E-state index contributed by atoms with van der Waals surface area (Å²) in [6, 6.07) is 10.3. The predicted octanol–water partition coefficient (Wildman–Crippen LogP) is 2.14. The van der Waals surface area contributed by atoms with Crippen LogP contribution in [0, 0.1) is 5.92 Å². The normalized spacial score (nSPS) is 24.3. The molecule has 1 N–H and O–H groups in total. The van der Waals surface area contributed by atoms with E-state index in [1.807, 2.05) is 30.3 Å². The minimum absolute atomic E-state index is 0.151. The van der Waals surface area contributed by atoms with Gasteiger partial charge in [0.25, 0.3) is 0 Å². The molecular formula is C13H17NO. The van der Waals surface area contributed by atoms with E-state index in [4.69, 9.17) is 0 Å². The van der Waals surface area contributed by atoms with Crippen LogP contribution in [-0.4, -0.2) is 11.9 Å². The van der Waals surface area contributed by atoms with Gasteiger partial charge in [-0.05, 0) is 24.3 Å². The van der Waals surface area contributed by atoms with Crippen molar-refractivity contribution in [3.63, 3.8) is 0 Å². The lowest BCUT2D eigenvalue weighted by atomic mass is 9.82. The van der Waals surface area contributed by atoms with Crippen LogP contribution in [0.1, 0.15) is 25.3 Å². The Bertz CT molecular complexity index is 328. The Morgan fingerprint density at radius 3 is 2.60 bits per heavy atom. The van der Waals surface area contributed by atoms with Crippen molar-refractivity contribution in [2.45, 2.75) is 32.2 Å². The number of benzene rings is 1. The maximum atomic E-state index is 11.6. The molecule has 0 atom stereocenters. The lowest BCUT2D eigenvalue weighted by molar-refractivity contribution is -0.121. The van der Waals surface area contributed by atoms with Crippen molar-refractivity contribution < 1.29 is 4.79 Å². The summed E-state index contributed by atoms with van der Waals surface area (Å²) in [5.74, 6) is 0.935. The van der Waals surface area contributed by atoms with Gasteiger partial charge in [0.15, 0.2) is 0 Å². The summed E-state index contributed by atoms with van der Waals surface area (Å²) in [6.07, 6.45) is 2.78. The Balaban J connectivity index is 1.78. The summed E-state index contributed by atoms with van der Waals surface area (Å²) in [6.45, 7) is 2.22. The van der Waals surface area contributed by atoms with Crippen LogP contribution < -0.4 is 5.32 Å². The molecule has 1 saturated carbocycles. The van der Waals surface area contributed by atoms with E-state index in [-0.39, 0.29) is 5.91 Å². The van der Waals surface area contributed by atoms with Gasteiger partial charge >= 0.3 is 0 Å². The summed E-state index contributed by atoms with van der Waals surface area (Å²) < 4.78 is 0. The van der Waals surface area contributed by atoms with Gasteiger partial charge in [-0.25, -0.2) is 0 Å². The number of carbonyl (C=O) groups is 1. The van der Waals surface area contributed by atoms with Gasteiger partial charge < -0.3 is 5.32 Å². The van der Waals surface area contributed by atoms with E-state index >= 15 is 0 Å². The van der Waals surface area contributed by atoms with Crippen molar-refractivity contribution in [1.29, 1.82) is 0 Å². The molecule has 1 aliphatic carbocycles. The van der Waals surface area contributed by atoms with Crippen LogP contribution in [0.25, 0.3) is 0 Å². The fourth-order valence-corrected chi connectivity index (χ4v) is 2.08. The first kappa shape index (κ1) is 10.2. The smallest absolute Gasteiger partial charge is 0.224 e. The summed E-state index contributed by atoms with van der Waals surface area (Å²) >= 11 is 0. The van der Waals surface area contributed by atoms with E-state index < -0.39 is 0 Å². The average Bonchev–Trinajstić information content (AvgIpc) is 2.17. The molecule has 0 aromatic heterocycles. The molecule has 0 radical (unpaired) electrons. The van der Waals surface area contributed by atoms with Crippen molar-refractivity contribution >= 4 is 5.91 Å². The highest BCUT2D eigenvalue weighted by molar-refractivity contribution is 5.78. The maximum absolute atomic E-state index is 11.6. The molecule has 2 heteroatoms. The van der Waals surface area contributed by atoms with Gasteiger partial charge in [0.1, 0.15) is 0 Å². The first-order valence-corrected chi connectivity index (χ1v) is 5.57. The van der Waals surface area contributed by atoms with E-state index in [2.05, 4.69) is 12.2 Å². The third-order valence-electron chi connectivity index (χ3n) is 2.95. The van der Waals surface area contributed by atoms with Crippen molar-refractivity contribution in [2.24, 2.45) is 5.92 Å². The zero-order valence-corrected chi connectivity index (χ0v) is 9.07. The molecule has 0 saturated heterocycles. The van der Waals surface area contributed by atoms with E-state index in [0.29, 0.717) is 12.5 Å². The van der Waals surface area contributed by atoms with Crippen LogP contribution in [0.4, 0.5) is 0 Å². The van der Waals surface area contributed by atoms with E-state index in [1.54, 1.807) is 0 Å². The highest BCUT2D eigenvalue weighted by Gasteiger charge is 2.26. The standard InChI is InChI=1S/C13H17NO/c1-10-7-12(8-10)14-13(15)9-11-5-3-2-4-6-11/h2-6,10,12H,7-9H2,1H3,(H,14,15). The van der Waals surface area contributed by atoms with Crippen molar-refractivity contribution in [1.82, 2.24) is 5.32 Å². The molecule has 2 rings (SSSR count). The van der Waals surface area contributed by atoms with Crippen LogP contribution in [0.5, 0.6) is 0 Å². The van der Waals surface area contributed by atoms with Crippen LogP contribution >= 0.6 is 0 Å². The number of hydrogen-bond acceptors (Lipinski definition) is 1. The molecule has 1 aromatic carbocycles. The number of rotatable bonds is 3. The fraction of sp³-hybridized carbons (Fsp3) is 0.462. The molecule has 0 bridgehead atoms. The Morgan fingerprint density at radius 1 is 1.33 bits per heavy atom. The van der Waals surface area contributed by atoms with E-state index in [1.165, 1.54) is 0 Å². The molecule has 1 fully saturated rings. The van der Waals surface area contributed by atoms with Gasteiger partial charge in [0.2, 0.25) is 5.91 Å². The molecule has 0 unspecified atom stereocenters. The minimum atomic E-state index is 0.151. The number of nitrogens with one attached hydrogen (secondary N) is 1. The van der Waals surface area contributed by atoms with E-state index in [0.717, 1.165) is 24.3 Å². The molecule has 1 amide bonds. The van der Waals surface area contributed by atoms with Gasteiger partial charge in [-0.2, -0.15) is 0 Å². The van der Waals surface area contributed by atoms with Crippen LogP contribution in [0.3, 0.4) is 0 Å². The third-order valence-corrected chi connectivity index (χ3v) is 2.95. The fourth-order valence-electron chi connectivity index (χ4n) is 2.08. The Labute approximate surface area is 90.7 Å². The van der Waals surface area contributed by atoms with Crippen LogP contribution in [0.15, 0.2) is 30.3 Å². The molecule has 1 aliphatic rings. The molecule has 2 nitrogen and oxygen atoms in total. The number of hydrogen-bond donors (Lipinski definition) is 1. The molecule has 0 spiro atoms. The molecule has 15 heavy (non-hydrogen) atoms. The zero-order valence-electron chi connectivity index (χ0n) is 9.07. The van der Waals surface area contributed by atoms with Crippen molar-refractivity contribution in [2.75, 3.05) is 0 Å². The Kier molecular flexibility index (Phi) is 3.05. The van der Waals surface area contributed by atoms with Gasteiger partial charge in [-0.15, -0.1) is 0 Å². The highest BCUT2D eigenvalue weighted by atomic mass is 16.1. The first-order valence-electron chi connectivity index (χ1n) is 5.57. The van der Waals surface area contributed by atoms with Crippen LogP contribution in [0.2, 0.25) is 0 Å². The first-order chi connectivity index (χ1) is 7.24. The zero-order chi connectivity index (χ0) is 10.7. The van der Waals surface area contributed by atoms with Gasteiger partial charge in [-0.1, -0.05) is 37.3 Å². The minimum Gasteiger partial charge on any atom is -0.353 e. The maximum Gasteiger partial charge on any atom is 0.224 e. The SMILES string of the molecule is CC1CC(NC(=O)Cc2ccccc2)C1. The quantitative estimate of drug-likeness (QED) is 0.801. The van der Waals surface area contributed by atoms with Crippen LogP contribution in [-0.2, 0) is 11.2 Å². The largest absolute Gasteiger partial charge is 0.353 e. The summed E-state index contributed by atoms with van der Waals surface area (Å²) in [5, 5.41) is 3.06. The summed E-state index contributed by atoms with van der Waals surface area (Å²) in [7, 11) is 0. The van der Waals surface area contributed by atoms with E-state index in [9.17, 15) is 4.79 Å². The predicted molar refractivity (Wildman–Crippen MR) is 60.5 cm³/mol. The lowest BCUT2D eigenvalue weighted by Crippen LogP contribution is -2.43. The molecule has 1 aromatic rings. The second kappa shape index (κ2) is 4.47. The third kappa shape index (κ3) is 2.82. The second-order valence-electron chi connectivity index (χ2n) is 4.50. The second-order valence-corrected chi connectivity index (χ2v) is 4.50. The molecule has 80 valence electrons. The van der Waals surface area contributed by atoms with Crippen molar-refractivity contribution in [3.05, 3.63) is 35.9 Å². The van der Waals surface area contributed by atoms with Gasteiger partial charge in [-0.3, -0.25) is 4.79 Å². The Hall–Kier alpha value is -1.31. The number of carbonyl (C=O) groups excluding carboxylic acids is 1. The lowest BCUT2D eigenvalue weighted by Gasteiger charge is -2.33. The monoisotopic (exact) mass is 203 g/mol. The van der Waals surface area contributed by atoms with Gasteiger partial charge in [0.05, 0.1) is 6.42 Å². The molecule has 0 aliphatic heterocycles. The summed E-state index contributed by atoms with van der Waals surface area (Å²) in [4.78, 5) is 11.6. The summed E-state index contributed by atoms with van der Waals surface area (Å²) in [5.41, 5.74) is 1.09. The molecular weight excluding hydrogens is 186 g/mol. The van der Waals surface area contributed by atoms with Crippen molar-refractivity contribution in [3.8, 4) is 0 Å². The number of amides is 1. The van der Waals surface area contributed by atoms with Gasteiger partial charge in [0, 0.05) is 6.04 Å². The highest BCUT2D eigenvalue weighted by Crippen LogP contribution is 2.26. The Morgan fingerprint density at radius 2 is 2.00 bits per heavy atom. The average molecular weight is 203 g/mol. The molecule has 0 heterocycles. The topological polar surface area (TPSA) is 29.1 Å².